The Morgan fingerprint density at radius 2 is 1.59 bits per heavy atom. The van der Waals surface area contributed by atoms with E-state index in [2.05, 4.69) is 102 Å². The summed E-state index contributed by atoms with van der Waals surface area (Å²) in [5.41, 5.74) is 7.78. The average molecular weight is 857 g/mol. The third kappa shape index (κ3) is 5.86. The van der Waals surface area contributed by atoms with E-state index >= 15 is 0 Å². The molecule has 0 bridgehead atoms. The number of rotatable bonds is 3. The summed E-state index contributed by atoms with van der Waals surface area (Å²) in [5, 5.41) is 3.45. The Morgan fingerprint density at radius 3 is 2.33 bits per heavy atom. The largest absolute Gasteiger partial charge is 0 e. The number of fused-ring (bicyclic) bond motifs is 6. The molecule has 0 unspecified atom stereocenters. The Balaban J connectivity index is 0.000000208. The second-order valence-corrected chi connectivity index (χ2v) is 27.3. The van der Waals surface area contributed by atoms with Crippen LogP contribution in [0.15, 0.2) is 114 Å². The summed E-state index contributed by atoms with van der Waals surface area (Å²) < 4.78 is 32.5. The van der Waals surface area contributed by atoms with Gasteiger partial charge in [-0.25, -0.2) is 0 Å². The van der Waals surface area contributed by atoms with Gasteiger partial charge in [0.1, 0.15) is 0 Å². The smallest absolute Gasteiger partial charge is 0 e. The third-order valence-electron chi connectivity index (χ3n) is 8.77. The van der Waals surface area contributed by atoms with Crippen LogP contribution in [0, 0.1) is 19.0 Å². The Morgan fingerprint density at radius 1 is 0.761 bits per heavy atom. The summed E-state index contributed by atoms with van der Waals surface area (Å²) in [7, 11) is -1.23. The van der Waals surface area contributed by atoms with Crippen molar-refractivity contribution in [3.05, 3.63) is 127 Å². The van der Waals surface area contributed by atoms with Crippen LogP contribution in [0.2, 0.25) is 31.2 Å². The van der Waals surface area contributed by atoms with Crippen molar-refractivity contribution in [2.45, 2.75) is 38.0 Å². The van der Waals surface area contributed by atoms with E-state index < -0.39 is 28.2 Å². The van der Waals surface area contributed by atoms with Gasteiger partial charge in [0.2, 0.25) is 0 Å². The molecular formula is C40H36GeIrN2OSi-2. The zero-order chi connectivity index (χ0) is 33.8. The predicted octanol–water partition coefficient (Wildman–Crippen LogP) is 8.65. The fourth-order valence-corrected chi connectivity index (χ4v) is 13.7. The molecule has 0 amide bonds. The molecule has 3 aromatic heterocycles. The average Bonchev–Trinajstić information content (AvgIpc) is 3.55. The molecule has 0 fully saturated rings. The molecular weight excluding hydrogens is 817 g/mol. The molecule has 0 atom stereocenters. The monoisotopic (exact) mass is 858 g/mol. The van der Waals surface area contributed by atoms with Gasteiger partial charge < -0.3 is 4.98 Å². The molecule has 0 spiro atoms. The molecule has 0 N–H and O–H groups in total. The first-order valence-corrected chi connectivity index (χ1v) is 25.0. The number of aromatic nitrogens is 2. The van der Waals surface area contributed by atoms with E-state index in [0.717, 1.165) is 27.6 Å². The summed E-state index contributed by atoms with van der Waals surface area (Å²) >= 11 is -2.39. The van der Waals surface area contributed by atoms with Gasteiger partial charge in [0.05, 0.1) is 8.07 Å². The van der Waals surface area contributed by atoms with E-state index in [1.165, 1.54) is 37.4 Å². The summed E-state index contributed by atoms with van der Waals surface area (Å²) in [6.45, 7) is 4.81. The maximum absolute atomic E-state index is 7.73. The predicted molar refractivity (Wildman–Crippen MR) is 194 cm³/mol. The standard InChI is InChI=1S/C26H20GeNO.C14H16NSi.Ir/c1-16-11-12-28-24(13-16)19-9-6-8-18-21-14-20-17-7-4-5-10-22(17)27(2,3)23(20)15-25(21)29-26(18)19;1-16(2,3)13-9-10-14(15-11-13)12-7-5-4-6-8-12;/h4-8,10-15H,1-3H3;4-7,9-11H,1-3H3;/q2*-1;/i1D3;;. The SMILES string of the molecule is C[Si](C)(C)c1ccc(-c2[c-]cccc2)nc1.[2H]C([2H])([2H])c1ccnc(-c2[c-]ccc3c2oc2c[c]4c(cc23)-c2cccc[c]2[Ge]4([CH3])[CH3])c1.[Ir]. The number of nitrogens with zero attached hydrogens (tertiary/aromatic N) is 2. The molecule has 46 heavy (non-hydrogen) atoms. The van der Waals surface area contributed by atoms with Gasteiger partial charge in [-0.1, -0.05) is 31.8 Å². The Labute approximate surface area is 293 Å². The first-order valence-electron chi connectivity index (χ1n) is 16.7. The van der Waals surface area contributed by atoms with Crippen molar-refractivity contribution in [3.8, 4) is 33.6 Å². The van der Waals surface area contributed by atoms with E-state index in [9.17, 15) is 0 Å². The Hall–Kier alpha value is -3.61. The maximum Gasteiger partial charge on any atom is 0 e. The molecule has 4 aromatic carbocycles. The van der Waals surface area contributed by atoms with E-state index in [1.54, 1.807) is 6.07 Å². The van der Waals surface area contributed by atoms with Gasteiger partial charge in [-0.15, -0.1) is 35.9 Å². The van der Waals surface area contributed by atoms with Gasteiger partial charge >= 0.3 is 177 Å². The summed E-state index contributed by atoms with van der Waals surface area (Å²) in [6, 6.07) is 38.9. The van der Waals surface area contributed by atoms with Crippen LogP contribution in [-0.2, 0) is 20.1 Å². The molecule has 1 radical (unpaired) electrons. The van der Waals surface area contributed by atoms with Crippen molar-refractivity contribution in [1.29, 1.82) is 0 Å². The van der Waals surface area contributed by atoms with Gasteiger partial charge in [-0.2, -0.15) is 0 Å². The first-order chi connectivity index (χ1) is 22.8. The third-order valence-corrected chi connectivity index (χ3v) is 18.2. The van der Waals surface area contributed by atoms with Crippen molar-refractivity contribution in [1.82, 2.24) is 9.97 Å². The van der Waals surface area contributed by atoms with Crippen LogP contribution in [0.1, 0.15) is 9.68 Å². The molecule has 7 aromatic rings. The van der Waals surface area contributed by atoms with Gasteiger partial charge in [0.15, 0.2) is 0 Å². The van der Waals surface area contributed by atoms with Crippen LogP contribution in [0.3, 0.4) is 0 Å². The van der Waals surface area contributed by atoms with Gasteiger partial charge in [-0.3, -0.25) is 0 Å². The molecule has 0 saturated heterocycles. The van der Waals surface area contributed by atoms with Gasteiger partial charge in [0.25, 0.3) is 0 Å². The number of pyridine rings is 2. The minimum atomic E-state index is -2.39. The normalized spacial score (nSPS) is 14.2. The second kappa shape index (κ2) is 12.5. The van der Waals surface area contributed by atoms with E-state index in [4.69, 9.17) is 8.53 Å². The van der Waals surface area contributed by atoms with Crippen LogP contribution >= 0.6 is 0 Å². The number of hydrogen-bond donors (Lipinski definition) is 0. The molecule has 3 nitrogen and oxygen atoms in total. The zero-order valence-electron chi connectivity index (χ0n) is 29.5. The minimum absolute atomic E-state index is 0. The quantitative estimate of drug-likeness (QED) is 0.132. The van der Waals surface area contributed by atoms with Crippen LogP contribution < -0.4 is 14.0 Å². The molecule has 0 aliphatic carbocycles. The van der Waals surface area contributed by atoms with Gasteiger partial charge in [-0.05, 0) is 10.9 Å². The molecule has 8 rings (SSSR count). The van der Waals surface area contributed by atoms with E-state index in [0.29, 0.717) is 16.8 Å². The zero-order valence-corrected chi connectivity index (χ0v) is 32.0. The van der Waals surface area contributed by atoms with Crippen LogP contribution in [-0.4, -0.2) is 31.3 Å². The number of furan rings is 1. The second-order valence-electron chi connectivity index (χ2n) is 13.2. The van der Waals surface area contributed by atoms with E-state index in [-0.39, 0.29) is 25.7 Å². The van der Waals surface area contributed by atoms with Gasteiger partial charge in [0, 0.05) is 26.3 Å². The molecule has 6 heteroatoms. The Kier molecular flexibility index (Phi) is 7.79. The topological polar surface area (TPSA) is 38.9 Å². The van der Waals surface area contributed by atoms with Crippen LogP contribution in [0.4, 0.5) is 0 Å². The van der Waals surface area contributed by atoms with Crippen molar-refractivity contribution < 1.29 is 28.6 Å². The number of benzene rings is 4. The molecule has 1 aliphatic heterocycles. The summed E-state index contributed by atoms with van der Waals surface area (Å²) in [6.07, 6.45) is 3.55. The van der Waals surface area contributed by atoms with Crippen molar-refractivity contribution in [3.63, 3.8) is 0 Å². The molecule has 0 saturated carbocycles. The minimum Gasteiger partial charge on any atom is 0 e. The summed E-state index contributed by atoms with van der Waals surface area (Å²) in [4.78, 5) is 8.95. The van der Waals surface area contributed by atoms with Crippen molar-refractivity contribution in [2.75, 3.05) is 0 Å². The fourth-order valence-electron chi connectivity index (χ4n) is 6.24. The first kappa shape index (κ1) is 28.6. The van der Waals surface area contributed by atoms with Crippen molar-refractivity contribution in [2.24, 2.45) is 0 Å². The van der Waals surface area contributed by atoms with Crippen LogP contribution in [0.5, 0.6) is 0 Å². The fraction of sp³-hybridized carbons (Fsp3) is 0.150. The summed E-state index contributed by atoms with van der Waals surface area (Å²) in [5.74, 6) is 4.87. The molecule has 4 heterocycles. The Bertz CT molecular complexity index is 2300. The number of hydrogen-bond acceptors (Lipinski definition) is 3. The molecule has 1 aliphatic rings. The van der Waals surface area contributed by atoms with Crippen molar-refractivity contribution >= 4 is 57.3 Å². The maximum atomic E-state index is 7.73. The van der Waals surface area contributed by atoms with Crippen LogP contribution in [0.25, 0.3) is 55.6 Å². The van der Waals surface area contributed by atoms with E-state index in [1.807, 2.05) is 42.6 Å². The molecule has 231 valence electrons. The number of aryl methyl sites for hydroxylation is 1.